The lowest BCUT2D eigenvalue weighted by molar-refractivity contribution is -0.151. The number of allylic oxidation sites excluding steroid dienone is 2. The molecule has 0 radical (unpaired) electrons. The van der Waals surface area contributed by atoms with Gasteiger partial charge in [0.25, 0.3) is 5.91 Å². The van der Waals surface area contributed by atoms with Crippen LogP contribution in [0.25, 0.3) is 0 Å². The van der Waals surface area contributed by atoms with Crippen LogP contribution in [0, 0.1) is 0 Å². The molecule has 1 aromatic carbocycles. The predicted molar refractivity (Wildman–Crippen MR) is 120 cm³/mol. The van der Waals surface area contributed by atoms with Crippen LogP contribution in [0.2, 0.25) is 0 Å². The van der Waals surface area contributed by atoms with Crippen molar-refractivity contribution < 1.29 is 19.1 Å². The third kappa shape index (κ3) is 3.46. The van der Waals surface area contributed by atoms with Crippen LogP contribution in [0.5, 0.6) is 0 Å². The molecule has 1 aromatic rings. The molecule has 1 saturated heterocycles. The van der Waals surface area contributed by atoms with Gasteiger partial charge in [-0.2, -0.15) is 0 Å². The molecule has 9 heteroatoms. The maximum Gasteiger partial charge on any atom is 0.328 e. The first-order valence-electron chi connectivity index (χ1n) is 11.5. The summed E-state index contributed by atoms with van der Waals surface area (Å²) in [7, 11) is 1.63. The molecule has 0 N–H and O–H groups in total. The first-order chi connectivity index (χ1) is 15.9. The number of urea groups is 1. The van der Waals surface area contributed by atoms with E-state index in [2.05, 4.69) is 11.8 Å². The summed E-state index contributed by atoms with van der Waals surface area (Å²) in [4.78, 5) is 50.5. The van der Waals surface area contributed by atoms with Gasteiger partial charge in [0.2, 0.25) is 5.96 Å². The highest BCUT2D eigenvalue weighted by Gasteiger charge is 2.56. The summed E-state index contributed by atoms with van der Waals surface area (Å²) >= 11 is 0. The second kappa shape index (κ2) is 8.20. The largest absolute Gasteiger partial charge is 0.459 e. The van der Waals surface area contributed by atoms with Crippen LogP contribution < -0.4 is 0 Å². The number of hydrogen-bond donors (Lipinski definition) is 0. The Balaban J connectivity index is 1.34. The maximum absolute atomic E-state index is 13.5. The number of hydrogen-bond acceptors (Lipinski definition) is 7. The average Bonchev–Trinajstić information content (AvgIpc) is 3.53. The van der Waals surface area contributed by atoms with Crippen LogP contribution >= 0.6 is 0 Å². The number of nitrogens with zero attached hydrogens (tertiary/aromatic N) is 5. The van der Waals surface area contributed by atoms with Crippen LogP contribution in [-0.4, -0.2) is 75.3 Å². The van der Waals surface area contributed by atoms with Crippen LogP contribution in [0.3, 0.4) is 0 Å². The molecule has 3 aliphatic heterocycles. The van der Waals surface area contributed by atoms with Crippen LogP contribution in [0.4, 0.5) is 4.79 Å². The van der Waals surface area contributed by atoms with Gasteiger partial charge in [0.15, 0.2) is 12.2 Å². The monoisotopic (exact) mass is 451 g/mol. The summed E-state index contributed by atoms with van der Waals surface area (Å²) in [6, 6.07) is 8.45. The first-order valence-corrected chi connectivity index (χ1v) is 11.5. The molecule has 2 atom stereocenters. The lowest BCUT2D eigenvalue weighted by Gasteiger charge is -2.40. The zero-order valence-corrected chi connectivity index (χ0v) is 19.2. The number of carbonyl (C=O) groups excluding carboxylic acids is 3. The van der Waals surface area contributed by atoms with E-state index in [9.17, 15) is 14.4 Å². The Morgan fingerprint density at radius 2 is 1.73 bits per heavy atom. The van der Waals surface area contributed by atoms with E-state index in [1.165, 1.54) is 17.7 Å². The third-order valence-electron chi connectivity index (χ3n) is 7.15. The van der Waals surface area contributed by atoms with Crippen molar-refractivity contribution >= 4 is 23.9 Å². The number of benzene rings is 1. The molecule has 0 aromatic heterocycles. The summed E-state index contributed by atoms with van der Waals surface area (Å²) in [5.74, 6) is -0.295. The number of amides is 3. The smallest absolute Gasteiger partial charge is 0.328 e. The molecule has 1 aliphatic carbocycles. The average molecular weight is 452 g/mol. The number of ether oxygens (including phenoxy) is 1. The summed E-state index contributed by atoms with van der Waals surface area (Å²) < 4.78 is 5.32. The van der Waals surface area contributed by atoms with Gasteiger partial charge < -0.3 is 14.5 Å². The van der Waals surface area contributed by atoms with E-state index in [4.69, 9.17) is 9.73 Å². The highest BCUT2D eigenvalue weighted by molar-refractivity contribution is 6.06. The van der Waals surface area contributed by atoms with Gasteiger partial charge in [0.1, 0.15) is 13.2 Å². The van der Waals surface area contributed by atoms with Crippen molar-refractivity contribution in [1.82, 2.24) is 19.6 Å². The Bertz CT molecular complexity index is 1050. The van der Waals surface area contributed by atoms with Crippen molar-refractivity contribution in [2.45, 2.75) is 64.4 Å². The SMILES string of the molecule is CC1=C(C)N2C(=NC3C2C(=O)N(CC(=O)OCc2ccccc2)C(=O)N3C)N1C1CCCC1. The number of imide groups is 1. The lowest BCUT2D eigenvalue weighted by Crippen LogP contribution is -2.65. The molecule has 3 amide bonds. The fraction of sp³-hybridized carbons (Fsp3) is 0.500. The highest BCUT2D eigenvalue weighted by atomic mass is 16.5. The molecule has 1 saturated carbocycles. The Labute approximate surface area is 193 Å². The van der Waals surface area contributed by atoms with Crippen LogP contribution in [0.15, 0.2) is 46.7 Å². The van der Waals surface area contributed by atoms with Gasteiger partial charge in [0, 0.05) is 24.5 Å². The van der Waals surface area contributed by atoms with Crippen molar-refractivity contribution in [1.29, 1.82) is 0 Å². The number of esters is 1. The molecule has 3 heterocycles. The second-order valence-corrected chi connectivity index (χ2v) is 9.10. The topological polar surface area (TPSA) is 85.8 Å². The molecule has 9 nitrogen and oxygen atoms in total. The predicted octanol–water partition coefficient (Wildman–Crippen LogP) is 2.50. The summed E-state index contributed by atoms with van der Waals surface area (Å²) in [6.45, 7) is 3.72. The van der Waals surface area contributed by atoms with E-state index in [1.807, 2.05) is 42.2 Å². The van der Waals surface area contributed by atoms with Crippen LogP contribution in [0.1, 0.15) is 45.1 Å². The Morgan fingerprint density at radius 1 is 1.06 bits per heavy atom. The van der Waals surface area contributed by atoms with E-state index >= 15 is 0 Å². The second-order valence-electron chi connectivity index (χ2n) is 9.10. The van der Waals surface area contributed by atoms with E-state index < -0.39 is 36.7 Å². The van der Waals surface area contributed by atoms with E-state index in [1.54, 1.807) is 7.05 Å². The Hall–Kier alpha value is -3.36. The highest BCUT2D eigenvalue weighted by Crippen LogP contribution is 2.41. The molecular weight excluding hydrogens is 422 g/mol. The summed E-state index contributed by atoms with van der Waals surface area (Å²) in [5, 5.41) is 0. The third-order valence-corrected chi connectivity index (χ3v) is 7.15. The van der Waals surface area contributed by atoms with Crippen molar-refractivity contribution in [3.05, 3.63) is 47.3 Å². The quantitative estimate of drug-likeness (QED) is 0.640. The maximum atomic E-state index is 13.5. The summed E-state index contributed by atoms with van der Waals surface area (Å²) in [6.07, 6.45) is 3.95. The number of fused-ring (bicyclic) bond motifs is 3. The van der Waals surface area contributed by atoms with E-state index in [0.717, 1.165) is 40.7 Å². The number of aliphatic imine (C=N–C) groups is 1. The Morgan fingerprint density at radius 3 is 2.42 bits per heavy atom. The number of carbonyl (C=O) groups is 3. The van der Waals surface area contributed by atoms with Gasteiger partial charge in [0.05, 0.1) is 0 Å². The first kappa shape index (κ1) is 21.5. The van der Waals surface area contributed by atoms with Crippen molar-refractivity contribution in [3.63, 3.8) is 0 Å². The number of likely N-dealkylation sites (N-methyl/N-ethyl adjacent to an activating group) is 1. The lowest BCUT2D eigenvalue weighted by atomic mass is 10.1. The summed E-state index contributed by atoms with van der Waals surface area (Å²) in [5.41, 5.74) is 2.91. The molecular formula is C24H29N5O4. The number of guanidine groups is 1. The van der Waals surface area contributed by atoms with E-state index in [-0.39, 0.29) is 6.61 Å². The number of rotatable bonds is 5. The van der Waals surface area contributed by atoms with Gasteiger partial charge in [-0.1, -0.05) is 43.2 Å². The normalized spacial score (nSPS) is 25.1. The fourth-order valence-corrected chi connectivity index (χ4v) is 5.30. The van der Waals surface area contributed by atoms with Gasteiger partial charge in [-0.15, -0.1) is 0 Å². The standard InChI is InChI=1S/C24H29N5O4/c1-15-16(2)29-20-21(25-23(29)28(15)18-11-7-8-12-18)26(3)24(32)27(22(20)31)13-19(30)33-14-17-9-5-4-6-10-17/h4-6,9-10,18,20-21H,7-8,11-14H2,1-3H3. The molecule has 2 fully saturated rings. The molecule has 4 aliphatic rings. The molecule has 174 valence electrons. The Kier molecular flexibility index (Phi) is 5.34. The minimum atomic E-state index is -0.675. The van der Waals surface area contributed by atoms with Gasteiger partial charge in [-0.3, -0.25) is 19.4 Å². The molecule has 0 bridgehead atoms. The van der Waals surface area contributed by atoms with Crippen molar-refractivity contribution in [3.8, 4) is 0 Å². The van der Waals surface area contributed by atoms with Gasteiger partial charge in [-0.25, -0.2) is 9.79 Å². The molecule has 5 rings (SSSR count). The van der Waals surface area contributed by atoms with E-state index in [0.29, 0.717) is 6.04 Å². The van der Waals surface area contributed by atoms with Crippen molar-refractivity contribution in [2.24, 2.45) is 4.99 Å². The minimum Gasteiger partial charge on any atom is -0.459 e. The molecule has 0 spiro atoms. The zero-order chi connectivity index (χ0) is 23.3. The fourth-order valence-electron chi connectivity index (χ4n) is 5.30. The van der Waals surface area contributed by atoms with Crippen LogP contribution in [-0.2, 0) is 20.9 Å². The van der Waals surface area contributed by atoms with Gasteiger partial charge >= 0.3 is 12.0 Å². The zero-order valence-electron chi connectivity index (χ0n) is 19.2. The van der Waals surface area contributed by atoms with Gasteiger partial charge in [-0.05, 0) is 32.3 Å². The molecule has 2 unspecified atom stereocenters. The van der Waals surface area contributed by atoms with Crippen molar-refractivity contribution in [2.75, 3.05) is 13.6 Å². The minimum absolute atomic E-state index is 0.0918. The molecule has 33 heavy (non-hydrogen) atoms.